The van der Waals surface area contributed by atoms with Crippen LogP contribution in [-0.2, 0) is 6.54 Å². The molecule has 0 radical (unpaired) electrons. The fourth-order valence-electron chi connectivity index (χ4n) is 3.13. The summed E-state index contributed by atoms with van der Waals surface area (Å²) in [7, 11) is 0. The molecular formula is C16H18FN5. The number of aryl methyl sites for hydroxylation is 1. The highest BCUT2D eigenvalue weighted by molar-refractivity contribution is 5.39. The molecule has 3 aromatic rings. The third-order valence-corrected chi connectivity index (χ3v) is 4.20. The molecule has 5 nitrogen and oxygen atoms in total. The normalized spacial score (nSPS) is 19.3. The topological polar surface area (TPSA) is 38.4 Å². The van der Waals surface area contributed by atoms with Gasteiger partial charge in [-0.15, -0.1) is 0 Å². The van der Waals surface area contributed by atoms with Crippen LogP contribution in [0.4, 0.5) is 4.39 Å². The van der Waals surface area contributed by atoms with E-state index < -0.39 is 0 Å². The standard InChI is InChI=1S/C16H18FN5/c1-12-6-18-22(7-12)15-4-5-20(11-15)9-14-10-21-8-13(17)2-3-16(21)19-14/h2-3,6-8,10,15H,4-5,9,11H2,1H3. The van der Waals surface area contributed by atoms with Crippen LogP contribution in [0.2, 0.25) is 0 Å². The van der Waals surface area contributed by atoms with Crippen molar-refractivity contribution in [3.63, 3.8) is 0 Å². The quantitative estimate of drug-likeness (QED) is 0.745. The molecule has 0 spiro atoms. The predicted octanol–water partition coefficient (Wildman–Crippen LogP) is 2.43. The number of likely N-dealkylation sites (tertiary alicyclic amines) is 1. The minimum Gasteiger partial charge on any atom is -0.304 e. The van der Waals surface area contributed by atoms with E-state index in [4.69, 9.17) is 0 Å². The average Bonchev–Trinajstić information content (AvgIpc) is 3.18. The zero-order valence-electron chi connectivity index (χ0n) is 12.5. The first kappa shape index (κ1) is 13.5. The van der Waals surface area contributed by atoms with Crippen molar-refractivity contribution < 1.29 is 4.39 Å². The Morgan fingerprint density at radius 3 is 3.00 bits per heavy atom. The lowest BCUT2D eigenvalue weighted by Gasteiger charge is -2.14. The van der Waals surface area contributed by atoms with Crippen LogP contribution in [0.25, 0.3) is 5.65 Å². The molecule has 3 aromatic heterocycles. The van der Waals surface area contributed by atoms with Crippen molar-refractivity contribution in [2.24, 2.45) is 0 Å². The molecule has 4 heterocycles. The third-order valence-electron chi connectivity index (χ3n) is 4.20. The molecule has 4 rings (SSSR count). The Labute approximate surface area is 128 Å². The third kappa shape index (κ3) is 2.50. The van der Waals surface area contributed by atoms with Crippen LogP contribution in [0.15, 0.2) is 36.9 Å². The number of fused-ring (bicyclic) bond motifs is 1. The summed E-state index contributed by atoms with van der Waals surface area (Å²) in [5.74, 6) is -0.244. The van der Waals surface area contributed by atoms with Crippen LogP contribution >= 0.6 is 0 Å². The van der Waals surface area contributed by atoms with Gasteiger partial charge in [-0.2, -0.15) is 5.10 Å². The molecule has 1 aliphatic heterocycles. The van der Waals surface area contributed by atoms with Gasteiger partial charge in [0.15, 0.2) is 0 Å². The lowest BCUT2D eigenvalue weighted by Crippen LogP contribution is -2.21. The van der Waals surface area contributed by atoms with Gasteiger partial charge in [0.25, 0.3) is 0 Å². The van der Waals surface area contributed by atoms with Gasteiger partial charge >= 0.3 is 0 Å². The Bertz CT molecular complexity index is 806. The van der Waals surface area contributed by atoms with Gasteiger partial charge < -0.3 is 4.40 Å². The lowest BCUT2D eigenvalue weighted by molar-refractivity contribution is 0.308. The molecule has 6 heteroatoms. The first-order valence-electron chi connectivity index (χ1n) is 7.53. The van der Waals surface area contributed by atoms with Crippen LogP contribution in [0.5, 0.6) is 0 Å². The van der Waals surface area contributed by atoms with E-state index in [1.807, 2.05) is 12.4 Å². The number of pyridine rings is 1. The summed E-state index contributed by atoms with van der Waals surface area (Å²) in [6.45, 7) is 4.86. The number of nitrogens with zero attached hydrogens (tertiary/aromatic N) is 5. The van der Waals surface area contributed by atoms with Crippen LogP contribution in [-0.4, -0.2) is 37.2 Å². The van der Waals surface area contributed by atoms with Crippen LogP contribution in [0, 0.1) is 12.7 Å². The van der Waals surface area contributed by atoms with Gasteiger partial charge in [0.2, 0.25) is 0 Å². The summed E-state index contributed by atoms with van der Waals surface area (Å²) in [6.07, 6.45) is 8.47. The van der Waals surface area contributed by atoms with E-state index in [1.54, 1.807) is 10.5 Å². The van der Waals surface area contributed by atoms with Crippen molar-refractivity contribution in [2.75, 3.05) is 13.1 Å². The van der Waals surface area contributed by atoms with Gasteiger partial charge in [0.1, 0.15) is 11.5 Å². The van der Waals surface area contributed by atoms with Crippen molar-refractivity contribution >= 4 is 5.65 Å². The molecule has 0 N–H and O–H groups in total. The number of aromatic nitrogens is 4. The van der Waals surface area contributed by atoms with Gasteiger partial charge in [-0.25, -0.2) is 9.37 Å². The van der Waals surface area contributed by atoms with Crippen molar-refractivity contribution in [1.29, 1.82) is 0 Å². The summed E-state index contributed by atoms with van der Waals surface area (Å²) >= 11 is 0. The van der Waals surface area contributed by atoms with E-state index in [0.29, 0.717) is 6.04 Å². The fourth-order valence-corrected chi connectivity index (χ4v) is 3.13. The molecule has 114 valence electrons. The second-order valence-corrected chi connectivity index (χ2v) is 6.02. The van der Waals surface area contributed by atoms with Crippen molar-refractivity contribution in [3.8, 4) is 0 Å². The summed E-state index contributed by atoms with van der Waals surface area (Å²) in [6, 6.07) is 3.58. The highest BCUT2D eigenvalue weighted by Crippen LogP contribution is 2.22. The molecule has 22 heavy (non-hydrogen) atoms. The van der Waals surface area contributed by atoms with Gasteiger partial charge in [0, 0.05) is 38.2 Å². The average molecular weight is 299 g/mol. The Balaban J connectivity index is 1.47. The van der Waals surface area contributed by atoms with E-state index in [2.05, 4.69) is 32.8 Å². The molecule has 0 aliphatic carbocycles. The number of halogens is 1. The molecule has 1 atom stereocenters. The highest BCUT2D eigenvalue weighted by Gasteiger charge is 2.24. The molecule has 1 unspecified atom stereocenters. The second kappa shape index (κ2) is 5.21. The first-order chi connectivity index (χ1) is 10.7. The van der Waals surface area contributed by atoms with Crippen molar-refractivity contribution in [1.82, 2.24) is 24.1 Å². The fraction of sp³-hybridized carbons (Fsp3) is 0.375. The molecule has 1 saturated heterocycles. The maximum absolute atomic E-state index is 13.2. The number of imidazole rings is 1. The van der Waals surface area contributed by atoms with Gasteiger partial charge in [0.05, 0.1) is 17.9 Å². The molecule has 1 aliphatic rings. The SMILES string of the molecule is Cc1cnn(C2CCN(Cc3cn4cc(F)ccc4n3)C2)c1. The van der Waals surface area contributed by atoms with E-state index in [1.165, 1.54) is 17.8 Å². The monoisotopic (exact) mass is 299 g/mol. The summed E-state index contributed by atoms with van der Waals surface area (Å²) in [5, 5.41) is 4.41. The number of rotatable bonds is 3. The summed E-state index contributed by atoms with van der Waals surface area (Å²) in [5.41, 5.74) is 2.96. The molecule has 0 aromatic carbocycles. The predicted molar refractivity (Wildman–Crippen MR) is 81.0 cm³/mol. The molecule has 0 saturated carbocycles. The minimum atomic E-state index is -0.244. The maximum Gasteiger partial charge on any atom is 0.139 e. The van der Waals surface area contributed by atoms with E-state index in [0.717, 1.165) is 37.4 Å². The van der Waals surface area contributed by atoms with Crippen LogP contribution in [0.3, 0.4) is 0 Å². The Morgan fingerprint density at radius 1 is 1.27 bits per heavy atom. The van der Waals surface area contributed by atoms with Crippen molar-refractivity contribution in [2.45, 2.75) is 25.9 Å². The minimum absolute atomic E-state index is 0.244. The first-order valence-corrected chi connectivity index (χ1v) is 7.53. The number of hydrogen-bond donors (Lipinski definition) is 0. The zero-order chi connectivity index (χ0) is 15.1. The van der Waals surface area contributed by atoms with E-state index in [9.17, 15) is 4.39 Å². The zero-order valence-corrected chi connectivity index (χ0v) is 12.5. The van der Waals surface area contributed by atoms with Gasteiger partial charge in [-0.05, 0) is 31.0 Å². The Kier molecular flexibility index (Phi) is 3.18. The van der Waals surface area contributed by atoms with Crippen molar-refractivity contribution in [3.05, 3.63) is 54.0 Å². The molecule has 1 fully saturated rings. The Morgan fingerprint density at radius 2 is 2.18 bits per heavy atom. The highest BCUT2D eigenvalue weighted by atomic mass is 19.1. The molecular weight excluding hydrogens is 281 g/mol. The van der Waals surface area contributed by atoms with E-state index >= 15 is 0 Å². The lowest BCUT2D eigenvalue weighted by atomic mass is 10.3. The van der Waals surface area contributed by atoms with Gasteiger partial charge in [-0.1, -0.05) is 0 Å². The van der Waals surface area contributed by atoms with Crippen LogP contribution in [0.1, 0.15) is 23.7 Å². The largest absolute Gasteiger partial charge is 0.304 e. The molecule has 0 amide bonds. The van der Waals surface area contributed by atoms with E-state index in [-0.39, 0.29) is 5.82 Å². The summed E-state index contributed by atoms with van der Waals surface area (Å²) in [4.78, 5) is 6.93. The smallest absolute Gasteiger partial charge is 0.139 e. The van der Waals surface area contributed by atoms with Gasteiger partial charge in [-0.3, -0.25) is 9.58 Å². The second-order valence-electron chi connectivity index (χ2n) is 6.02. The Hall–Kier alpha value is -2.21. The van der Waals surface area contributed by atoms with Crippen LogP contribution < -0.4 is 0 Å². The number of hydrogen-bond acceptors (Lipinski definition) is 3. The maximum atomic E-state index is 13.2. The molecule has 0 bridgehead atoms. The summed E-state index contributed by atoms with van der Waals surface area (Å²) < 4.78 is 17.0.